The summed E-state index contributed by atoms with van der Waals surface area (Å²) < 4.78 is 0. The van der Waals surface area contributed by atoms with Crippen molar-refractivity contribution >= 4 is 17.7 Å². The van der Waals surface area contributed by atoms with Crippen molar-refractivity contribution in [3.05, 3.63) is 83.5 Å². The quantitative estimate of drug-likeness (QED) is 0.0293. The summed E-state index contributed by atoms with van der Waals surface area (Å²) >= 11 is 0. The van der Waals surface area contributed by atoms with Gasteiger partial charge in [-0.3, -0.25) is 29.3 Å². The molecule has 0 atom stereocenters. The molecule has 2 aromatic rings. The van der Waals surface area contributed by atoms with Crippen LogP contribution < -0.4 is 21.7 Å². The first-order chi connectivity index (χ1) is 38.4. The van der Waals surface area contributed by atoms with E-state index in [-0.39, 0.29) is 37.2 Å². The molecule has 0 saturated carbocycles. The monoisotopic (exact) mass is 1140 g/mol. The molecule has 0 aliphatic heterocycles. The van der Waals surface area contributed by atoms with Gasteiger partial charge in [-0.15, -0.1) is 0 Å². The maximum atomic E-state index is 12.6. The molecular formula is C68H115N7O3Zn+2. The van der Waals surface area contributed by atoms with Gasteiger partial charge in [-0.25, -0.2) is 0 Å². The van der Waals surface area contributed by atoms with Crippen molar-refractivity contribution in [2.24, 2.45) is 5.73 Å². The van der Waals surface area contributed by atoms with Gasteiger partial charge in [0.25, 0.3) is 0 Å². The fourth-order valence-electron chi connectivity index (χ4n) is 10.0. The number of rotatable bonds is 53. The Morgan fingerprint density at radius 1 is 0.443 bits per heavy atom. The Balaban J connectivity index is 0.0000312. The molecule has 0 bridgehead atoms. The fourth-order valence-corrected chi connectivity index (χ4v) is 10.0. The number of hydrogen-bond acceptors (Lipinski definition) is 7. The summed E-state index contributed by atoms with van der Waals surface area (Å²) in [7, 11) is 0. The number of nitrogens with two attached hydrogens (primary N) is 1. The Kier molecular flexibility index (Phi) is 52.1. The molecule has 5 N–H and O–H groups in total. The third-order valence-electron chi connectivity index (χ3n) is 14.8. The van der Waals surface area contributed by atoms with Gasteiger partial charge in [0.1, 0.15) is 0 Å². The number of amides is 3. The Labute approximate surface area is 497 Å². The van der Waals surface area contributed by atoms with E-state index in [1.807, 2.05) is 48.8 Å². The van der Waals surface area contributed by atoms with Crippen LogP contribution in [0.4, 0.5) is 0 Å². The summed E-state index contributed by atoms with van der Waals surface area (Å²) in [5, 5.41) is 8.86. The minimum atomic E-state index is 0. The molecule has 10 nitrogen and oxygen atoms in total. The van der Waals surface area contributed by atoms with Crippen LogP contribution in [-0.4, -0.2) is 65.3 Å². The zero-order valence-electron chi connectivity index (χ0n) is 50.9. The van der Waals surface area contributed by atoms with Crippen molar-refractivity contribution in [3.63, 3.8) is 0 Å². The SMILES string of the molecule is CCCCCCCCCCCC/C=C(\C#C/C(=C\CCCCCCCCC(=O)NCCN)CCCCCCCCCCCC)CCCCCCCCC(=O)NCCNC(=O)CCCN(Cc1ccccn1)Cc1ccccn1.[Zn+2]. The summed E-state index contributed by atoms with van der Waals surface area (Å²) in [5.74, 6) is 7.69. The van der Waals surface area contributed by atoms with E-state index in [9.17, 15) is 14.4 Å². The van der Waals surface area contributed by atoms with Crippen molar-refractivity contribution in [3.8, 4) is 11.8 Å². The van der Waals surface area contributed by atoms with Crippen LogP contribution in [-0.2, 0) is 47.0 Å². The Bertz CT molecular complexity index is 1810. The first-order valence-electron chi connectivity index (χ1n) is 32.4. The van der Waals surface area contributed by atoms with Crippen LogP contribution in [0.1, 0.15) is 282 Å². The van der Waals surface area contributed by atoms with E-state index in [1.165, 1.54) is 178 Å². The summed E-state index contributed by atoms with van der Waals surface area (Å²) in [5.41, 5.74) is 10.2. The van der Waals surface area contributed by atoms with Gasteiger partial charge < -0.3 is 21.7 Å². The molecule has 0 radical (unpaired) electrons. The summed E-state index contributed by atoms with van der Waals surface area (Å²) in [6, 6.07) is 11.9. The van der Waals surface area contributed by atoms with Gasteiger partial charge in [0.05, 0.1) is 11.4 Å². The fraction of sp³-hybridized carbons (Fsp3) is 0.721. The summed E-state index contributed by atoms with van der Waals surface area (Å²) in [4.78, 5) is 48.4. The molecule has 0 unspecified atom stereocenters. The predicted octanol–water partition coefficient (Wildman–Crippen LogP) is 16.3. The van der Waals surface area contributed by atoms with Gasteiger partial charge in [0, 0.05) is 70.9 Å². The van der Waals surface area contributed by atoms with E-state index in [2.05, 4.69) is 68.7 Å². The van der Waals surface area contributed by atoms with Gasteiger partial charge in [-0.2, -0.15) is 0 Å². The van der Waals surface area contributed by atoms with Crippen LogP contribution in [0.2, 0.25) is 0 Å². The number of allylic oxidation sites excluding steroid dienone is 4. The number of carbonyl (C=O) groups is 3. The Morgan fingerprint density at radius 3 is 1.13 bits per heavy atom. The molecule has 11 heteroatoms. The minimum Gasteiger partial charge on any atom is -0.355 e. The van der Waals surface area contributed by atoms with E-state index >= 15 is 0 Å². The van der Waals surface area contributed by atoms with E-state index in [4.69, 9.17) is 5.73 Å². The molecule has 0 aliphatic rings. The van der Waals surface area contributed by atoms with Gasteiger partial charge in [0.15, 0.2) is 0 Å². The molecule has 0 spiro atoms. The summed E-state index contributed by atoms with van der Waals surface area (Å²) in [6.07, 6.45) is 55.9. The largest absolute Gasteiger partial charge is 2.00 e. The summed E-state index contributed by atoms with van der Waals surface area (Å²) in [6.45, 7) is 8.70. The molecular weight excluding hydrogens is 1030 g/mol. The van der Waals surface area contributed by atoms with E-state index in [0.29, 0.717) is 58.5 Å². The molecule has 0 aliphatic carbocycles. The number of pyridine rings is 2. The molecule has 2 aromatic heterocycles. The smallest absolute Gasteiger partial charge is 0.355 e. The second-order valence-electron chi connectivity index (χ2n) is 22.2. The average Bonchev–Trinajstić information content (AvgIpc) is 3.45. The molecule has 0 aromatic carbocycles. The molecule has 440 valence electrons. The van der Waals surface area contributed by atoms with Crippen LogP contribution in [0.3, 0.4) is 0 Å². The molecule has 2 rings (SSSR count). The van der Waals surface area contributed by atoms with Crippen LogP contribution in [0, 0.1) is 11.8 Å². The van der Waals surface area contributed by atoms with E-state index in [1.54, 1.807) is 0 Å². The third kappa shape index (κ3) is 47.6. The molecule has 3 amide bonds. The Morgan fingerprint density at radius 2 is 0.772 bits per heavy atom. The van der Waals surface area contributed by atoms with Crippen LogP contribution in [0.5, 0.6) is 0 Å². The normalized spacial score (nSPS) is 11.5. The standard InChI is InChI=1S/C68H115N7O3.Zn/c1-3-5-7-9-11-13-15-17-20-26-32-43-63(52-51-62(42-31-25-19-16-14-12-10-8-6-4-2)44-33-27-21-18-22-29-35-48-66(76)72-56-53-69)45-34-28-23-24-30-36-49-67(77)73-57-58-74-68(78)50-41-59-75(60-64-46-37-39-54-70-64)61-65-47-38-40-55-71-65;/h37-40,43-44,46-47,54-55H,3-36,41-42,45,48-50,53,56-61,69H2,1-2H3,(H,72,76)(H,73,77)(H,74,78);/q;+2/b62-44-,63-43-;. The number of carbonyl (C=O) groups excluding carboxylic acids is 3. The van der Waals surface area contributed by atoms with Crippen LogP contribution in [0.15, 0.2) is 72.1 Å². The van der Waals surface area contributed by atoms with Crippen LogP contribution >= 0.6 is 0 Å². The second-order valence-corrected chi connectivity index (χ2v) is 22.2. The van der Waals surface area contributed by atoms with Crippen molar-refractivity contribution in [2.75, 3.05) is 32.7 Å². The number of nitrogens with one attached hydrogen (secondary N) is 3. The van der Waals surface area contributed by atoms with Crippen molar-refractivity contribution in [2.45, 2.75) is 284 Å². The van der Waals surface area contributed by atoms with E-state index < -0.39 is 0 Å². The average molecular weight is 1140 g/mol. The molecule has 2 heterocycles. The maximum absolute atomic E-state index is 12.6. The van der Waals surface area contributed by atoms with Crippen molar-refractivity contribution < 1.29 is 33.9 Å². The minimum absolute atomic E-state index is 0. The van der Waals surface area contributed by atoms with Gasteiger partial charge in [0.2, 0.25) is 17.7 Å². The first-order valence-corrected chi connectivity index (χ1v) is 32.4. The molecule has 0 saturated heterocycles. The topological polar surface area (TPSA) is 142 Å². The zero-order chi connectivity index (χ0) is 55.9. The first kappa shape index (κ1) is 73.3. The van der Waals surface area contributed by atoms with Crippen molar-refractivity contribution in [1.82, 2.24) is 30.8 Å². The zero-order valence-corrected chi connectivity index (χ0v) is 53.8. The van der Waals surface area contributed by atoms with E-state index in [0.717, 1.165) is 88.6 Å². The van der Waals surface area contributed by atoms with Crippen LogP contribution in [0.25, 0.3) is 0 Å². The Hall–Kier alpha value is -3.71. The van der Waals surface area contributed by atoms with Gasteiger partial charge in [-0.1, -0.05) is 217 Å². The number of aromatic nitrogens is 2. The van der Waals surface area contributed by atoms with Gasteiger partial charge in [-0.05, 0) is 113 Å². The maximum Gasteiger partial charge on any atom is 2.00 e. The molecule has 0 fully saturated rings. The predicted molar refractivity (Wildman–Crippen MR) is 331 cm³/mol. The second kappa shape index (κ2) is 56.2. The van der Waals surface area contributed by atoms with Crippen molar-refractivity contribution in [1.29, 1.82) is 0 Å². The number of hydrogen-bond donors (Lipinski definition) is 4. The number of unbranched alkanes of at least 4 members (excludes halogenated alkanes) is 30. The van der Waals surface area contributed by atoms with Gasteiger partial charge >= 0.3 is 19.5 Å². The third-order valence-corrected chi connectivity index (χ3v) is 14.8. The number of nitrogens with zero attached hydrogens (tertiary/aromatic N) is 3. The molecule has 79 heavy (non-hydrogen) atoms.